The van der Waals surface area contributed by atoms with E-state index in [-0.39, 0.29) is 5.63 Å². The number of hydrogen-bond donors (Lipinski definition) is 0. The highest BCUT2D eigenvalue weighted by molar-refractivity contribution is 8.23. The molecule has 0 aliphatic rings. The van der Waals surface area contributed by atoms with Crippen LogP contribution >= 0.6 is 24.0 Å². The highest BCUT2D eigenvalue weighted by Gasteiger charge is 2.17. The summed E-state index contributed by atoms with van der Waals surface area (Å²) in [6.45, 7) is 7.96. The zero-order valence-electron chi connectivity index (χ0n) is 13.2. The molecular formula is C17H21NO2S2. The highest BCUT2D eigenvalue weighted by atomic mass is 32.2. The summed E-state index contributed by atoms with van der Waals surface area (Å²) in [4.78, 5) is 15.4. The van der Waals surface area contributed by atoms with Crippen molar-refractivity contribution in [3.63, 3.8) is 0 Å². The van der Waals surface area contributed by atoms with Crippen LogP contribution in [0, 0.1) is 0 Å². The second-order valence-electron chi connectivity index (χ2n) is 4.98. The molecule has 2 aromatic rings. The minimum atomic E-state index is -0.245. The van der Waals surface area contributed by atoms with Gasteiger partial charge in [0.25, 0.3) is 0 Å². The zero-order valence-corrected chi connectivity index (χ0v) is 14.9. The Morgan fingerprint density at radius 3 is 2.55 bits per heavy atom. The Balaban J connectivity index is 2.56. The molecule has 1 aromatic heterocycles. The largest absolute Gasteiger partial charge is 0.422 e. The molecule has 0 N–H and O–H groups in total. The zero-order chi connectivity index (χ0) is 16.1. The van der Waals surface area contributed by atoms with Gasteiger partial charge in [-0.05, 0) is 26.3 Å². The smallest absolute Gasteiger partial charge is 0.340 e. The molecule has 0 saturated carbocycles. The topological polar surface area (TPSA) is 33.5 Å². The fraction of sp³-hybridized carbons (Fsp3) is 0.412. The molecule has 0 atom stereocenters. The molecule has 0 unspecified atom stereocenters. The molecule has 1 heterocycles. The Kier molecular flexibility index (Phi) is 6.03. The summed E-state index contributed by atoms with van der Waals surface area (Å²) >= 11 is 7.07. The summed E-state index contributed by atoms with van der Waals surface area (Å²) < 4.78 is 6.26. The average Bonchev–Trinajstić information content (AvgIpc) is 2.52. The van der Waals surface area contributed by atoms with Gasteiger partial charge in [-0.1, -0.05) is 55.5 Å². The quantitative estimate of drug-likeness (QED) is 0.457. The van der Waals surface area contributed by atoms with E-state index in [0.717, 1.165) is 39.7 Å². The number of thiocarbonyl (C=S) groups is 1. The first kappa shape index (κ1) is 17.0. The van der Waals surface area contributed by atoms with Crippen molar-refractivity contribution in [1.82, 2.24) is 4.90 Å². The summed E-state index contributed by atoms with van der Waals surface area (Å²) in [6, 6.07) is 7.66. The first-order chi connectivity index (χ1) is 10.6. The number of benzene rings is 1. The number of rotatable bonds is 5. The summed E-state index contributed by atoms with van der Waals surface area (Å²) in [5.74, 6) is 0. The van der Waals surface area contributed by atoms with Gasteiger partial charge in [0.1, 0.15) is 9.90 Å². The van der Waals surface area contributed by atoms with Crippen molar-refractivity contribution in [3.05, 3.63) is 40.2 Å². The van der Waals surface area contributed by atoms with Crippen molar-refractivity contribution in [2.75, 3.05) is 13.1 Å². The molecule has 0 aliphatic carbocycles. The summed E-state index contributed by atoms with van der Waals surface area (Å²) in [6.07, 6.45) is 1.60. The minimum absolute atomic E-state index is 0.245. The summed E-state index contributed by atoms with van der Waals surface area (Å²) in [5, 5.41) is 0.963. The molecule has 0 radical (unpaired) electrons. The van der Waals surface area contributed by atoms with Gasteiger partial charge in [-0.2, -0.15) is 0 Å². The third-order valence-corrected chi connectivity index (χ3v) is 5.18. The van der Waals surface area contributed by atoms with Gasteiger partial charge in [0, 0.05) is 23.4 Å². The van der Waals surface area contributed by atoms with Crippen LogP contribution in [-0.2, 0) is 6.42 Å². The molecular weight excluding hydrogens is 314 g/mol. The molecule has 0 amide bonds. The lowest BCUT2D eigenvalue weighted by atomic mass is 10.1. The van der Waals surface area contributed by atoms with Crippen LogP contribution in [0.3, 0.4) is 0 Å². The molecule has 0 bridgehead atoms. The molecule has 1 aromatic carbocycles. The third kappa shape index (κ3) is 3.52. The lowest BCUT2D eigenvalue weighted by Gasteiger charge is -2.22. The molecule has 5 heteroatoms. The predicted molar refractivity (Wildman–Crippen MR) is 97.9 cm³/mol. The lowest BCUT2D eigenvalue weighted by Crippen LogP contribution is -2.26. The summed E-state index contributed by atoms with van der Waals surface area (Å²) in [5.41, 5.74) is 1.11. The van der Waals surface area contributed by atoms with E-state index in [4.69, 9.17) is 16.6 Å². The summed E-state index contributed by atoms with van der Waals surface area (Å²) in [7, 11) is 0. The van der Waals surface area contributed by atoms with Crippen molar-refractivity contribution in [2.45, 2.75) is 38.5 Å². The Morgan fingerprint density at radius 2 is 1.91 bits per heavy atom. The lowest BCUT2D eigenvalue weighted by molar-refractivity contribution is 0.482. The number of hydrogen-bond acceptors (Lipinski definition) is 4. The van der Waals surface area contributed by atoms with Gasteiger partial charge in [0.2, 0.25) is 0 Å². The van der Waals surface area contributed by atoms with Crippen LogP contribution in [0.4, 0.5) is 0 Å². The van der Waals surface area contributed by atoms with Gasteiger partial charge in [-0.15, -0.1) is 0 Å². The second-order valence-corrected chi connectivity index (χ2v) is 6.63. The number of thioether (sulfide) groups is 1. The molecule has 22 heavy (non-hydrogen) atoms. The van der Waals surface area contributed by atoms with E-state index in [9.17, 15) is 4.79 Å². The number of nitrogens with zero attached hydrogens (tertiary/aromatic N) is 1. The normalized spacial score (nSPS) is 10.9. The second kappa shape index (κ2) is 7.79. The molecule has 0 saturated heterocycles. The minimum Gasteiger partial charge on any atom is -0.422 e. The van der Waals surface area contributed by atoms with Crippen LogP contribution in [0.15, 0.2) is 38.4 Å². The monoisotopic (exact) mass is 335 g/mol. The van der Waals surface area contributed by atoms with E-state index in [1.54, 1.807) is 0 Å². The highest BCUT2D eigenvalue weighted by Crippen LogP contribution is 2.32. The van der Waals surface area contributed by atoms with Gasteiger partial charge >= 0.3 is 5.63 Å². The first-order valence-corrected chi connectivity index (χ1v) is 8.86. The molecule has 2 rings (SSSR count). The van der Waals surface area contributed by atoms with E-state index in [1.165, 1.54) is 11.8 Å². The average molecular weight is 335 g/mol. The van der Waals surface area contributed by atoms with Gasteiger partial charge in [-0.3, -0.25) is 0 Å². The fourth-order valence-electron chi connectivity index (χ4n) is 2.38. The molecule has 0 fully saturated rings. The Hall–Kier alpha value is -1.33. The van der Waals surface area contributed by atoms with E-state index >= 15 is 0 Å². The van der Waals surface area contributed by atoms with Crippen LogP contribution in [-0.4, -0.2) is 22.3 Å². The maximum absolute atomic E-state index is 12.3. The molecule has 0 spiro atoms. The third-order valence-electron chi connectivity index (χ3n) is 3.57. The van der Waals surface area contributed by atoms with Gasteiger partial charge < -0.3 is 9.32 Å². The van der Waals surface area contributed by atoms with Crippen molar-refractivity contribution >= 4 is 39.3 Å². The van der Waals surface area contributed by atoms with Crippen molar-refractivity contribution in [1.29, 1.82) is 0 Å². The van der Waals surface area contributed by atoms with Crippen LogP contribution in [0.5, 0.6) is 0 Å². The van der Waals surface area contributed by atoms with Crippen molar-refractivity contribution < 1.29 is 4.42 Å². The van der Waals surface area contributed by atoms with Crippen LogP contribution in [0.2, 0.25) is 0 Å². The maximum Gasteiger partial charge on any atom is 0.340 e. The van der Waals surface area contributed by atoms with Gasteiger partial charge in [0.05, 0.1) is 5.56 Å². The van der Waals surface area contributed by atoms with Crippen LogP contribution in [0.1, 0.15) is 32.8 Å². The Morgan fingerprint density at radius 1 is 1.23 bits per heavy atom. The van der Waals surface area contributed by atoms with E-state index in [0.29, 0.717) is 12.0 Å². The maximum atomic E-state index is 12.3. The molecule has 0 aliphatic heterocycles. The SMILES string of the molecule is CCCc1c(SC(=S)N(CC)CC)c2ccccc2oc1=O. The van der Waals surface area contributed by atoms with Gasteiger partial charge in [-0.25, -0.2) is 4.79 Å². The predicted octanol–water partition coefficient (Wildman–Crippen LogP) is 4.46. The van der Waals surface area contributed by atoms with Crippen molar-refractivity contribution in [2.24, 2.45) is 0 Å². The first-order valence-electron chi connectivity index (χ1n) is 7.63. The van der Waals surface area contributed by atoms with Gasteiger partial charge in [0.15, 0.2) is 0 Å². The molecule has 3 nitrogen and oxygen atoms in total. The van der Waals surface area contributed by atoms with E-state index < -0.39 is 0 Å². The van der Waals surface area contributed by atoms with E-state index in [1.807, 2.05) is 24.3 Å². The van der Waals surface area contributed by atoms with Crippen LogP contribution < -0.4 is 5.63 Å². The standard InChI is InChI=1S/C17H21NO2S2/c1-4-9-13-15(22-17(21)18(5-2)6-3)12-10-7-8-11-14(12)20-16(13)19/h7-8,10-11H,4-6,9H2,1-3H3. The molecule has 118 valence electrons. The number of fused-ring (bicyclic) bond motifs is 1. The Labute approximate surface area is 140 Å². The Bertz CT molecular complexity index is 720. The van der Waals surface area contributed by atoms with Crippen molar-refractivity contribution in [3.8, 4) is 0 Å². The van der Waals surface area contributed by atoms with E-state index in [2.05, 4.69) is 25.7 Å². The van der Waals surface area contributed by atoms with Crippen LogP contribution in [0.25, 0.3) is 11.0 Å². The fourth-order valence-corrected chi connectivity index (χ4v) is 4.03. The number of para-hydroxylation sites is 1.